The number of rotatable bonds is 4. The Morgan fingerprint density at radius 1 is 1.48 bits per heavy atom. The lowest BCUT2D eigenvalue weighted by atomic mass is 10.1. The molecule has 1 amide bonds. The molecule has 2 rings (SSSR count). The quantitative estimate of drug-likeness (QED) is 0.478. The van der Waals surface area contributed by atoms with Gasteiger partial charge in [-0.15, -0.1) is 0 Å². The van der Waals surface area contributed by atoms with E-state index in [1.807, 2.05) is 31.2 Å². The maximum absolute atomic E-state index is 12.3. The highest BCUT2D eigenvalue weighted by Gasteiger charge is 2.30. The molecule has 23 heavy (non-hydrogen) atoms. The van der Waals surface area contributed by atoms with Crippen LogP contribution < -0.4 is 0 Å². The van der Waals surface area contributed by atoms with Crippen molar-refractivity contribution < 1.29 is 14.6 Å². The summed E-state index contributed by atoms with van der Waals surface area (Å²) >= 11 is 0. The van der Waals surface area contributed by atoms with E-state index in [0.717, 1.165) is 16.0 Å². The second-order valence-corrected chi connectivity index (χ2v) is 4.97. The predicted octanol–water partition coefficient (Wildman–Crippen LogP) is 1.65. The third-order valence-corrected chi connectivity index (χ3v) is 3.27. The number of hydrogen-bond donors (Lipinski definition) is 0. The smallest absolute Gasteiger partial charge is 0.284 e. The number of hydrogen-bond acceptors (Lipinski definition) is 4. The SMILES string of the molecule is CCN1COCN(C(=O)/C=C/c2cccc(C)c2)/C1=N/[N+](=O)[O-]. The number of amides is 1. The van der Waals surface area contributed by atoms with Crippen molar-refractivity contribution in [3.8, 4) is 0 Å². The number of guanidine groups is 1. The molecule has 122 valence electrons. The van der Waals surface area contributed by atoms with E-state index in [-0.39, 0.29) is 19.4 Å². The first-order valence-electron chi connectivity index (χ1n) is 7.13. The molecule has 0 spiro atoms. The highest BCUT2D eigenvalue weighted by atomic mass is 16.7. The molecule has 0 N–H and O–H groups in total. The fourth-order valence-electron chi connectivity index (χ4n) is 2.14. The highest BCUT2D eigenvalue weighted by molar-refractivity contribution is 6.03. The topological polar surface area (TPSA) is 88.3 Å². The van der Waals surface area contributed by atoms with Crippen molar-refractivity contribution in [1.82, 2.24) is 9.80 Å². The molecular weight excluding hydrogens is 300 g/mol. The standard InChI is InChI=1S/C15H18N4O4/c1-3-17-10-23-11-18(15(17)16-19(21)22)14(20)8-7-13-6-4-5-12(2)9-13/h4-9H,3,10-11H2,1-2H3/b8-7+,16-15+. The molecule has 1 saturated heterocycles. The van der Waals surface area contributed by atoms with Crippen LogP contribution in [0.1, 0.15) is 18.1 Å². The minimum atomic E-state index is -0.812. The summed E-state index contributed by atoms with van der Waals surface area (Å²) in [5, 5.41) is 13.2. The van der Waals surface area contributed by atoms with Gasteiger partial charge >= 0.3 is 0 Å². The van der Waals surface area contributed by atoms with E-state index in [0.29, 0.717) is 6.54 Å². The van der Waals surface area contributed by atoms with E-state index in [2.05, 4.69) is 5.10 Å². The van der Waals surface area contributed by atoms with Crippen molar-refractivity contribution >= 4 is 17.9 Å². The maximum atomic E-state index is 12.3. The number of benzene rings is 1. The van der Waals surface area contributed by atoms with Crippen LogP contribution >= 0.6 is 0 Å². The lowest BCUT2D eigenvalue weighted by Crippen LogP contribution is -2.53. The molecule has 1 heterocycles. The fraction of sp³-hybridized carbons (Fsp3) is 0.333. The van der Waals surface area contributed by atoms with E-state index in [1.165, 1.54) is 11.0 Å². The predicted molar refractivity (Wildman–Crippen MR) is 84.7 cm³/mol. The van der Waals surface area contributed by atoms with Gasteiger partial charge in [0.2, 0.25) is 0 Å². The summed E-state index contributed by atoms with van der Waals surface area (Å²) in [7, 11) is 0. The maximum Gasteiger partial charge on any atom is 0.284 e. The van der Waals surface area contributed by atoms with Gasteiger partial charge in [-0.25, -0.2) is 15.0 Å². The Labute approximate surface area is 133 Å². The van der Waals surface area contributed by atoms with Gasteiger partial charge in [0.15, 0.2) is 5.03 Å². The van der Waals surface area contributed by atoms with Crippen molar-refractivity contribution in [2.75, 3.05) is 20.0 Å². The van der Waals surface area contributed by atoms with Crippen molar-refractivity contribution in [1.29, 1.82) is 0 Å². The number of nitro groups is 1. The molecule has 0 bridgehead atoms. The normalized spacial score (nSPS) is 17.0. The van der Waals surface area contributed by atoms with Crippen LogP contribution in [-0.2, 0) is 9.53 Å². The van der Waals surface area contributed by atoms with Gasteiger partial charge in [0.05, 0.1) is 0 Å². The van der Waals surface area contributed by atoms with Gasteiger partial charge in [-0.1, -0.05) is 29.8 Å². The molecule has 1 aliphatic rings. The van der Waals surface area contributed by atoms with Gasteiger partial charge in [0.1, 0.15) is 18.6 Å². The van der Waals surface area contributed by atoms with Crippen LogP contribution in [0, 0.1) is 17.0 Å². The number of carbonyl (C=O) groups is 1. The highest BCUT2D eigenvalue weighted by Crippen LogP contribution is 2.10. The summed E-state index contributed by atoms with van der Waals surface area (Å²) in [5.74, 6) is -0.437. The zero-order chi connectivity index (χ0) is 16.8. The molecule has 1 fully saturated rings. The van der Waals surface area contributed by atoms with Crippen LogP contribution in [0.2, 0.25) is 0 Å². The third kappa shape index (κ3) is 4.36. The van der Waals surface area contributed by atoms with Crippen LogP contribution in [0.5, 0.6) is 0 Å². The number of hydrazone groups is 1. The molecule has 1 aromatic carbocycles. The van der Waals surface area contributed by atoms with Gasteiger partial charge in [-0.3, -0.25) is 4.79 Å². The largest absolute Gasteiger partial charge is 0.340 e. The summed E-state index contributed by atoms with van der Waals surface area (Å²) in [6, 6.07) is 7.65. The Hall–Kier alpha value is -2.74. The average Bonchev–Trinajstić information content (AvgIpc) is 2.52. The van der Waals surface area contributed by atoms with Crippen LogP contribution in [0.25, 0.3) is 6.08 Å². The molecule has 0 aliphatic carbocycles. The number of carbonyl (C=O) groups excluding carboxylic acids is 1. The minimum Gasteiger partial charge on any atom is -0.340 e. The molecule has 8 nitrogen and oxygen atoms in total. The van der Waals surface area contributed by atoms with Crippen LogP contribution in [-0.4, -0.2) is 46.7 Å². The molecule has 8 heteroatoms. The number of ether oxygens (including phenoxy) is 1. The van der Waals surface area contributed by atoms with E-state index in [4.69, 9.17) is 4.74 Å². The van der Waals surface area contributed by atoms with Gasteiger partial charge in [-0.05, 0) is 25.5 Å². The lowest BCUT2D eigenvalue weighted by molar-refractivity contribution is -0.486. The second-order valence-electron chi connectivity index (χ2n) is 4.97. The Morgan fingerprint density at radius 2 is 2.26 bits per heavy atom. The fourth-order valence-corrected chi connectivity index (χ4v) is 2.14. The van der Waals surface area contributed by atoms with Crippen molar-refractivity contribution in [3.05, 3.63) is 51.6 Å². The molecule has 0 saturated carbocycles. The van der Waals surface area contributed by atoms with Crippen molar-refractivity contribution in [3.63, 3.8) is 0 Å². The summed E-state index contributed by atoms with van der Waals surface area (Å²) in [4.78, 5) is 25.7. The van der Waals surface area contributed by atoms with Gasteiger partial charge < -0.3 is 9.64 Å². The van der Waals surface area contributed by atoms with Gasteiger partial charge in [0.25, 0.3) is 11.9 Å². The molecule has 1 aromatic rings. The molecular formula is C15H18N4O4. The first kappa shape index (κ1) is 16.6. The zero-order valence-electron chi connectivity index (χ0n) is 13.0. The summed E-state index contributed by atoms with van der Waals surface area (Å²) in [6.45, 7) is 4.29. The minimum absolute atomic E-state index is 0.0114. The monoisotopic (exact) mass is 318 g/mol. The van der Waals surface area contributed by atoms with E-state index < -0.39 is 10.9 Å². The van der Waals surface area contributed by atoms with E-state index in [1.54, 1.807) is 13.0 Å². The zero-order valence-corrected chi connectivity index (χ0v) is 13.0. The Morgan fingerprint density at radius 3 is 2.91 bits per heavy atom. The average molecular weight is 318 g/mol. The summed E-state index contributed by atoms with van der Waals surface area (Å²) in [5.41, 5.74) is 1.95. The van der Waals surface area contributed by atoms with Crippen molar-refractivity contribution in [2.45, 2.75) is 13.8 Å². The molecule has 0 unspecified atom stereocenters. The Balaban J connectivity index is 2.20. The van der Waals surface area contributed by atoms with E-state index in [9.17, 15) is 14.9 Å². The van der Waals surface area contributed by atoms with Gasteiger partial charge in [0, 0.05) is 12.6 Å². The van der Waals surface area contributed by atoms with Gasteiger partial charge in [-0.2, -0.15) is 0 Å². The third-order valence-electron chi connectivity index (χ3n) is 3.27. The van der Waals surface area contributed by atoms with Crippen molar-refractivity contribution in [2.24, 2.45) is 5.10 Å². The Bertz CT molecular complexity index is 657. The molecule has 0 radical (unpaired) electrons. The first-order chi connectivity index (χ1) is 11.0. The van der Waals surface area contributed by atoms with Crippen LogP contribution in [0.15, 0.2) is 35.4 Å². The van der Waals surface area contributed by atoms with Crippen LogP contribution in [0.3, 0.4) is 0 Å². The Kier molecular flexibility index (Phi) is 5.42. The summed E-state index contributed by atoms with van der Waals surface area (Å²) < 4.78 is 5.28. The molecule has 0 atom stereocenters. The van der Waals surface area contributed by atoms with Crippen LogP contribution in [0.4, 0.5) is 0 Å². The number of nitrogens with zero attached hydrogens (tertiary/aromatic N) is 4. The lowest BCUT2D eigenvalue weighted by Gasteiger charge is -2.34. The second kappa shape index (κ2) is 7.50. The molecule has 1 aliphatic heterocycles. The number of aryl methyl sites for hydroxylation is 1. The summed E-state index contributed by atoms with van der Waals surface area (Å²) in [6.07, 6.45) is 3.01. The molecule has 0 aromatic heterocycles. The first-order valence-corrected chi connectivity index (χ1v) is 7.13. The van der Waals surface area contributed by atoms with E-state index >= 15 is 0 Å².